The van der Waals surface area contributed by atoms with Crippen LogP contribution < -0.4 is 10.6 Å². The number of likely N-dealkylation sites (N-methyl/N-ethyl adjacent to an activating group) is 1. The lowest BCUT2D eigenvalue weighted by Crippen LogP contribution is -2.42. The lowest BCUT2D eigenvalue weighted by atomic mass is 10.1. The number of nitrogens with two attached hydrogens (primary N) is 1. The molecule has 0 radical (unpaired) electrons. The smallest absolute Gasteiger partial charge is 0.243 e. The van der Waals surface area contributed by atoms with Crippen LogP contribution in [0, 0.1) is 5.82 Å². The molecule has 0 saturated heterocycles. The molecule has 1 atom stereocenters. The van der Waals surface area contributed by atoms with Crippen molar-refractivity contribution in [1.82, 2.24) is 0 Å². The minimum Gasteiger partial charge on any atom is -0.320 e. The van der Waals surface area contributed by atoms with Gasteiger partial charge in [-0.3, -0.25) is 4.79 Å². The summed E-state index contributed by atoms with van der Waals surface area (Å²) in [4.78, 5) is 13.1. The average Bonchev–Trinajstić information content (AvgIpc) is 2.28. The van der Waals surface area contributed by atoms with Gasteiger partial charge in [0.15, 0.2) is 0 Å². The largest absolute Gasteiger partial charge is 0.320 e. The fraction of sp³-hybridized carbons (Fsp3) is 0.417. The van der Waals surface area contributed by atoms with Crippen molar-refractivity contribution >= 4 is 11.6 Å². The fourth-order valence-corrected chi connectivity index (χ4v) is 1.53. The summed E-state index contributed by atoms with van der Waals surface area (Å²) in [5, 5.41) is 0. The molecule has 0 spiro atoms. The number of benzene rings is 1. The van der Waals surface area contributed by atoms with Crippen molar-refractivity contribution in [2.75, 3.05) is 11.9 Å². The van der Waals surface area contributed by atoms with Gasteiger partial charge < -0.3 is 10.6 Å². The Morgan fingerprint density at radius 1 is 1.50 bits per heavy atom. The Kier molecular flexibility index (Phi) is 4.43. The molecule has 88 valence electrons. The Bertz CT molecular complexity index is 368. The quantitative estimate of drug-likeness (QED) is 0.849. The highest BCUT2D eigenvalue weighted by Crippen LogP contribution is 2.18. The molecule has 0 aliphatic rings. The van der Waals surface area contributed by atoms with Crippen LogP contribution in [-0.2, 0) is 4.79 Å². The van der Waals surface area contributed by atoms with Crippen molar-refractivity contribution in [3.8, 4) is 0 Å². The van der Waals surface area contributed by atoms with Crippen LogP contribution in [0.25, 0.3) is 0 Å². The molecule has 0 aromatic heterocycles. The molecule has 16 heavy (non-hydrogen) atoms. The van der Waals surface area contributed by atoms with Crippen molar-refractivity contribution in [1.29, 1.82) is 0 Å². The molecular formula is C12H17FN2O. The predicted molar refractivity (Wildman–Crippen MR) is 62.7 cm³/mol. The Morgan fingerprint density at radius 2 is 2.12 bits per heavy atom. The van der Waals surface area contributed by atoms with Crippen LogP contribution in [0.1, 0.15) is 19.8 Å². The number of hydrogen-bond donors (Lipinski definition) is 1. The van der Waals surface area contributed by atoms with Crippen molar-refractivity contribution in [2.45, 2.75) is 25.8 Å². The zero-order valence-corrected chi connectivity index (χ0v) is 9.61. The van der Waals surface area contributed by atoms with E-state index in [2.05, 4.69) is 0 Å². The van der Waals surface area contributed by atoms with E-state index in [0.717, 1.165) is 6.42 Å². The highest BCUT2D eigenvalue weighted by molar-refractivity contribution is 5.96. The van der Waals surface area contributed by atoms with Gasteiger partial charge in [-0.25, -0.2) is 4.39 Å². The van der Waals surface area contributed by atoms with E-state index in [1.807, 2.05) is 6.92 Å². The van der Waals surface area contributed by atoms with Gasteiger partial charge in [0.05, 0.1) is 11.7 Å². The van der Waals surface area contributed by atoms with E-state index in [1.165, 1.54) is 18.0 Å². The van der Waals surface area contributed by atoms with Crippen molar-refractivity contribution < 1.29 is 9.18 Å². The first-order valence-electron chi connectivity index (χ1n) is 5.35. The van der Waals surface area contributed by atoms with Gasteiger partial charge in [0.1, 0.15) is 5.82 Å². The number of amides is 1. The second-order valence-corrected chi connectivity index (χ2v) is 3.74. The highest BCUT2D eigenvalue weighted by Gasteiger charge is 2.20. The molecule has 1 aromatic carbocycles. The summed E-state index contributed by atoms with van der Waals surface area (Å²) >= 11 is 0. The molecule has 0 unspecified atom stereocenters. The molecule has 1 aromatic rings. The number of anilines is 1. The molecule has 3 nitrogen and oxygen atoms in total. The summed E-state index contributed by atoms with van der Waals surface area (Å²) in [7, 11) is 1.54. The summed E-state index contributed by atoms with van der Waals surface area (Å²) in [6.45, 7) is 1.95. The normalized spacial score (nSPS) is 12.2. The Morgan fingerprint density at radius 3 is 2.69 bits per heavy atom. The molecule has 0 saturated carbocycles. The zero-order valence-electron chi connectivity index (χ0n) is 9.61. The highest BCUT2D eigenvalue weighted by atomic mass is 19.1. The van der Waals surface area contributed by atoms with E-state index in [9.17, 15) is 9.18 Å². The third-order valence-corrected chi connectivity index (χ3v) is 2.46. The summed E-state index contributed by atoms with van der Waals surface area (Å²) in [5.41, 5.74) is 5.97. The van der Waals surface area contributed by atoms with Gasteiger partial charge >= 0.3 is 0 Å². The topological polar surface area (TPSA) is 46.3 Å². The van der Waals surface area contributed by atoms with Crippen LogP contribution in [0.2, 0.25) is 0 Å². The monoisotopic (exact) mass is 224 g/mol. The van der Waals surface area contributed by atoms with Crippen LogP contribution in [-0.4, -0.2) is 19.0 Å². The van der Waals surface area contributed by atoms with Gasteiger partial charge in [0, 0.05) is 7.05 Å². The first kappa shape index (κ1) is 12.6. The lowest BCUT2D eigenvalue weighted by Gasteiger charge is -2.21. The van der Waals surface area contributed by atoms with Crippen LogP contribution in [0.5, 0.6) is 0 Å². The molecule has 0 aliphatic carbocycles. The standard InChI is InChI=1S/C12H17FN2O/c1-3-6-10(14)12(16)15(2)11-8-5-4-7-9(11)13/h4-5,7-8,10H,3,6,14H2,1-2H3/t10-/m0/s1. The maximum absolute atomic E-state index is 13.4. The SMILES string of the molecule is CCC[C@H](N)C(=O)N(C)c1ccccc1F. The molecule has 2 N–H and O–H groups in total. The second-order valence-electron chi connectivity index (χ2n) is 3.74. The third kappa shape index (κ3) is 2.79. The number of carbonyl (C=O) groups is 1. The Hall–Kier alpha value is -1.42. The fourth-order valence-electron chi connectivity index (χ4n) is 1.53. The lowest BCUT2D eigenvalue weighted by molar-refractivity contribution is -0.119. The van der Waals surface area contributed by atoms with Gasteiger partial charge in [-0.1, -0.05) is 25.5 Å². The van der Waals surface area contributed by atoms with Crippen LogP contribution in [0.4, 0.5) is 10.1 Å². The molecule has 0 aliphatic heterocycles. The molecule has 1 amide bonds. The first-order chi connectivity index (χ1) is 7.57. The summed E-state index contributed by atoms with van der Waals surface area (Å²) in [6, 6.07) is 5.60. The minimum absolute atomic E-state index is 0.257. The van der Waals surface area contributed by atoms with Crippen LogP contribution in [0.15, 0.2) is 24.3 Å². The maximum atomic E-state index is 13.4. The first-order valence-corrected chi connectivity index (χ1v) is 5.35. The average molecular weight is 224 g/mol. The summed E-state index contributed by atoms with van der Waals surface area (Å²) < 4.78 is 13.4. The molecule has 1 rings (SSSR count). The molecule has 0 heterocycles. The second kappa shape index (κ2) is 5.61. The Labute approximate surface area is 95.0 Å². The van der Waals surface area contributed by atoms with Gasteiger partial charge in [-0.05, 0) is 18.6 Å². The van der Waals surface area contributed by atoms with Gasteiger partial charge in [0.2, 0.25) is 5.91 Å². The summed E-state index contributed by atoms with van der Waals surface area (Å²) in [6.07, 6.45) is 1.44. The number of hydrogen-bond acceptors (Lipinski definition) is 2. The van der Waals surface area contributed by atoms with Crippen LogP contribution >= 0.6 is 0 Å². The Balaban J connectivity index is 2.82. The maximum Gasteiger partial charge on any atom is 0.243 e. The van der Waals surface area contributed by atoms with Crippen molar-refractivity contribution in [3.63, 3.8) is 0 Å². The molecule has 0 fully saturated rings. The van der Waals surface area contributed by atoms with Gasteiger partial charge in [-0.15, -0.1) is 0 Å². The van der Waals surface area contributed by atoms with E-state index < -0.39 is 11.9 Å². The zero-order chi connectivity index (χ0) is 12.1. The number of rotatable bonds is 4. The predicted octanol–water partition coefficient (Wildman–Crippen LogP) is 1.92. The van der Waals surface area contributed by atoms with E-state index in [0.29, 0.717) is 6.42 Å². The van der Waals surface area contributed by atoms with E-state index >= 15 is 0 Å². The van der Waals surface area contributed by atoms with Crippen molar-refractivity contribution in [2.24, 2.45) is 5.73 Å². The number of para-hydroxylation sites is 1. The van der Waals surface area contributed by atoms with E-state index in [1.54, 1.807) is 18.2 Å². The van der Waals surface area contributed by atoms with Gasteiger partial charge in [-0.2, -0.15) is 0 Å². The number of halogens is 1. The minimum atomic E-state index is -0.561. The van der Waals surface area contributed by atoms with Gasteiger partial charge in [0.25, 0.3) is 0 Å². The molecule has 4 heteroatoms. The summed E-state index contributed by atoms with van der Waals surface area (Å²) in [5.74, 6) is -0.672. The number of nitrogens with zero attached hydrogens (tertiary/aromatic N) is 1. The third-order valence-electron chi connectivity index (χ3n) is 2.46. The molecule has 0 bridgehead atoms. The number of carbonyl (C=O) groups excluding carboxylic acids is 1. The van der Waals surface area contributed by atoms with Crippen LogP contribution in [0.3, 0.4) is 0 Å². The molecular weight excluding hydrogens is 207 g/mol. The van der Waals surface area contributed by atoms with E-state index in [4.69, 9.17) is 5.73 Å². The van der Waals surface area contributed by atoms with Crippen molar-refractivity contribution in [3.05, 3.63) is 30.1 Å². The van der Waals surface area contributed by atoms with E-state index in [-0.39, 0.29) is 11.6 Å².